The van der Waals surface area contributed by atoms with E-state index in [0.717, 1.165) is 32.1 Å². The van der Waals surface area contributed by atoms with E-state index in [0.29, 0.717) is 71.6 Å². The van der Waals surface area contributed by atoms with Gasteiger partial charge in [-0.3, -0.25) is 24.0 Å². The van der Waals surface area contributed by atoms with Gasteiger partial charge in [-0.1, -0.05) is 248 Å². The van der Waals surface area contributed by atoms with Crippen molar-refractivity contribution in [2.24, 2.45) is 10.8 Å². The van der Waals surface area contributed by atoms with Gasteiger partial charge < -0.3 is 54.8 Å². The van der Waals surface area contributed by atoms with Crippen molar-refractivity contribution in [1.82, 2.24) is 26.6 Å². The molecule has 0 fully saturated rings. The Morgan fingerprint density at radius 1 is 0.409 bits per heavy atom. The Labute approximate surface area is 544 Å². The maximum absolute atomic E-state index is 13.2. The van der Waals surface area contributed by atoms with Crippen molar-refractivity contribution in [3.63, 3.8) is 0 Å². The van der Waals surface area contributed by atoms with E-state index in [2.05, 4.69) is 53.3 Å². The lowest BCUT2D eigenvalue weighted by atomic mass is 9.65. The van der Waals surface area contributed by atoms with Crippen molar-refractivity contribution in [2.45, 2.75) is 345 Å². The van der Waals surface area contributed by atoms with Crippen LogP contribution in [0.5, 0.6) is 0 Å². The van der Waals surface area contributed by atoms with Crippen molar-refractivity contribution >= 4 is 48.4 Å². The molecule has 88 heavy (non-hydrogen) atoms. The van der Waals surface area contributed by atoms with Gasteiger partial charge in [0.05, 0.1) is 50.7 Å². The average Bonchev–Trinajstić information content (AvgIpc) is 3.60. The Hall–Kier alpha value is -3.03. The number of Topliss-reactive ketones (excluding diaryl/α,β-unsaturated/α-hetero) is 1. The van der Waals surface area contributed by atoms with Gasteiger partial charge in [-0.25, -0.2) is 4.79 Å². The van der Waals surface area contributed by atoms with Gasteiger partial charge in [0, 0.05) is 31.5 Å². The van der Waals surface area contributed by atoms with Gasteiger partial charge in [-0.05, 0) is 91.5 Å². The number of hydrogen-bond acceptors (Lipinski definition) is 13. The summed E-state index contributed by atoms with van der Waals surface area (Å²) in [6, 6.07) is 0. The summed E-state index contributed by atoms with van der Waals surface area (Å²) >= 11 is 2.53. The van der Waals surface area contributed by atoms with Crippen LogP contribution in [0.2, 0.25) is 0 Å². The molecule has 0 aliphatic heterocycles. The van der Waals surface area contributed by atoms with Gasteiger partial charge in [0.1, 0.15) is 5.78 Å². The number of unbranched alkanes of at least 4 members (excludes halogenated alkanes) is 31. The first-order valence-corrected chi connectivity index (χ1v) is 35.7. The van der Waals surface area contributed by atoms with Crippen molar-refractivity contribution < 1.29 is 57.0 Å². The summed E-state index contributed by atoms with van der Waals surface area (Å²) in [5.41, 5.74) is -2.51. The highest BCUT2D eigenvalue weighted by Crippen LogP contribution is 2.42. The van der Waals surface area contributed by atoms with Crippen LogP contribution in [0, 0.1) is 10.8 Å². The molecule has 0 aliphatic rings. The lowest BCUT2D eigenvalue weighted by Crippen LogP contribution is -2.50. The molecular formula is C70H139N5O12S. The minimum Gasteiger partial charge on any atom is -0.394 e. The Kier molecular flexibility index (Phi) is 61.0. The van der Waals surface area contributed by atoms with Gasteiger partial charge in [-0.15, -0.1) is 0 Å². The SMILES string of the molecule is CC.CCCCCCCCCCCCCCCCCCOC(OCCCCCCCCCCCCCCCCC)OC(=O)NCCCCCC(=O)NCCC(C)(C)OCC(C)(C)OCCC(C)(C)C(C)(C)C(=O)NCC(=O)NCC(=O)NCC(C)=O.OS. The molecule has 0 aliphatic carbocycles. The van der Waals surface area contributed by atoms with Crippen LogP contribution >= 0.6 is 12.9 Å². The Morgan fingerprint density at radius 3 is 1.22 bits per heavy atom. The lowest BCUT2D eigenvalue weighted by Gasteiger charge is -2.41. The summed E-state index contributed by atoms with van der Waals surface area (Å²) in [6.07, 6.45) is 43.6. The van der Waals surface area contributed by atoms with Crippen molar-refractivity contribution in [3.05, 3.63) is 0 Å². The summed E-state index contributed by atoms with van der Waals surface area (Å²) in [4.78, 5) is 74.0. The van der Waals surface area contributed by atoms with E-state index in [1.165, 1.54) is 180 Å². The highest BCUT2D eigenvalue weighted by atomic mass is 32.1. The van der Waals surface area contributed by atoms with Crippen LogP contribution in [0.1, 0.15) is 328 Å². The summed E-state index contributed by atoms with van der Waals surface area (Å²) in [7, 11) is 0. The van der Waals surface area contributed by atoms with Gasteiger partial charge in [-0.2, -0.15) is 0 Å². The minimum absolute atomic E-state index is 0.0219. The third-order valence-corrected chi connectivity index (χ3v) is 16.5. The first-order chi connectivity index (χ1) is 42.1. The van der Waals surface area contributed by atoms with E-state index in [1.807, 2.05) is 69.2 Å². The van der Waals surface area contributed by atoms with Gasteiger partial charge in [0.15, 0.2) is 0 Å². The van der Waals surface area contributed by atoms with E-state index in [1.54, 1.807) is 0 Å². The van der Waals surface area contributed by atoms with Crippen LogP contribution in [-0.2, 0) is 47.7 Å². The second-order valence-electron chi connectivity index (χ2n) is 26.4. The van der Waals surface area contributed by atoms with Crippen molar-refractivity contribution in [3.8, 4) is 0 Å². The molecule has 0 heterocycles. The molecule has 0 aromatic carbocycles. The number of rotatable bonds is 60. The van der Waals surface area contributed by atoms with Crippen LogP contribution in [0.15, 0.2) is 0 Å². The first kappa shape index (κ1) is 89.2. The molecule has 0 bridgehead atoms. The van der Waals surface area contributed by atoms with Crippen LogP contribution in [0.25, 0.3) is 0 Å². The lowest BCUT2D eigenvalue weighted by molar-refractivity contribution is -0.261. The van der Waals surface area contributed by atoms with Crippen LogP contribution < -0.4 is 26.6 Å². The second kappa shape index (κ2) is 60.2. The molecule has 1 unspecified atom stereocenters. The molecule has 0 saturated heterocycles. The number of hydrogen-bond donors (Lipinski definition) is 7. The fourth-order valence-electron chi connectivity index (χ4n) is 9.69. The van der Waals surface area contributed by atoms with Crippen LogP contribution in [-0.4, -0.2) is 117 Å². The van der Waals surface area contributed by atoms with Crippen molar-refractivity contribution in [1.29, 1.82) is 0 Å². The molecule has 522 valence electrons. The normalized spacial score (nSPS) is 12.0. The molecule has 6 N–H and O–H groups in total. The average molecular weight is 1270 g/mol. The zero-order valence-electron chi connectivity index (χ0n) is 59.0. The quantitative estimate of drug-likeness (QED) is 0.0131. The smallest absolute Gasteiger partial charge is 0.394 e. The molecule has 0 radical (unpaired) electrons. The largest absolute Gasteiger partial charge is 0.411 e. The highest BCUT2D eigenvalue weighted by Gasteiger charge is 2.43. The summed E-state index contributed by atoms with van der Waals surface area (Å²) in [5.74, 6) is -1.53. The number of nitrogens with one attached hydrogen (secondary N) is 5. The zero-order chi connectivity index (χ0) is 66.6. The third kappa shape index (κ3) is 56.9. The third-order valence-electron chi connectivity index (χ3n) is 16.5. The van der Waals surface area contributed by atoms with Gasteiger partial charge in [0.2, 0.25) is 23.6 Å². The topological polar surface area (TPSA) is 229 Å². The summed E-state index contributed by atoms with van der Waals surface area (Å²) in [5, 5.41) is 13.4. The Bertz CT molecular complexity index is 1690. The minimum atomic E-state index is -1.02. The van der Waals surface area contributed by atoms with Gasteiger partial charge in [0.25, 0.3) is 0 Å². The molecule has 17 nitrogen and oxygen atoms in total. The van der Waals surface area contributed by atoms with E-state index < -0.39 is 46.4 Å². The van der Waals surface area contributed by atoms with E-state index in [-0.39, 0.29) is 37.2 Å². The van der Waals surface area contributed by atoms with E-state index >= 15 is 0 Å². The molecule has 1 atom stereocenters. The molecular weight excluding hydrogens is 1130 g/mol. The molecule has 18 heteroatoms. The fourth-order valence-corrected chi connectivity index (χ4v) is 9.69. The molecule has 0 spiro atoms. The molecule has 5 amide bonds. The number of ketones is 1. The number of thiol groups is 1. The predicted octanol–water partition coefficient (Wildman–Crippen LogP) is 16.6. The van der Waals surface area contributed by atoms with Gasteiger partial charge >= 0.3 is 12.6 Å². The summed E-state index contributed by atoms with van der Waals surface area (Å²) < 4.78 is 36.9. The number of ether oxygens (including phenoxy) is 5. The Morgan fingerprint density at radius 2 is 0.795 bits per heavy atom. The number of carbonyl (C=O) groups is 6. The highest BCUT2D eigenvalue weighted by molar-refractivity contribution is 7.74. The van der Waals surface area contributed by atoms with Crippen molar-refractivity contribution in [2.75, 3.05) is 59.2 Å². The molecule has 0 aromatic heterocycles. The zero-order valence-corrected chi connectivity index (χ0v) is 59.9. The van der Waals surface area contributed by atoms with Crippen LogP contribution in [0.3, 0.4) is 0 Å². The number of carbonyl (C=O) groups excluding carboxylic acids is 6. The molecule has 0 saturated carbocycles. The first-order valence-electron chi connectivity index (χ1n) is 35.3. The fraction of sp³-hybridized carbons (Fsp3) is 0.914. The van der Waals surface area contributed by atoms with E-state index in [9.17, 15) is 28.8 Å². The second-order valence-corrected chi connectivity index (χ2v) is 26.4. The number of alkyl carbamates (subject to hydrolysis) is 1. The predicted molar refractivity (Wildman–Crippen MR) is 366 cm³/mol. The maximum Gasteiger partial charge on any atom is 0.411 e. The number of amides is 5. The molecule has 0 aromatic rings. The van der Waals surface area contributed by atoms with Crippen LogP contribution in [0.4, 0.5) is 4.79 Å². The Balaban J connectivity index is -0.0000177. The standard InChI is InChI=1S/C68H131N5O11.C2H6.H2OS/c1-12-14-16-18-20-22-24-26-28-30-32-34-36-38-40-45-52-81-64(80-51-44-39-37-35-33-31-29-27-25-23-21-19-17-15-13-2)84-63(79)70-49-43-41-42-46-59(75)69-50-47-66(6,7)83-57-67(8,9)82-53-48-65(4,5)68(10,11)62(78)73-56-61(77)72-55-60(76)71-54-58(3)74;2*1-2/h64H,12-57H2,1-11H3,(H,69,75)(H,70,79)(H,71,76)(H,72,77)(H,73,78);1-2H3;1-2H. The molecule has 0 rings (SSSR count). The summed E-state index contributed by atoms with van der Waals surface area (Å²) in [6.45, 7) is 26.3. The maximum atomic E-state index is 13.2. The van der Waals surface area contributed by atoms with E-state index in [4.69, 9.17) is 28.2 Å². The monoisotopic (exact) mass is 1270 g/mol.